The van der Waals surface area contributed by atoms with Crippen LogP contribution in [-0.4, -0.2) is 48.4 Å². The summed E-state index contributed by atoms with van der Waals surface area (Å²) < 4.78 is 10.5. The molecule has 1 amide bonds. The lowest BCUT2D eigenvalue weighted by Gasteiger charge is -2.11. The van der Waals surface area contributed by atoms with Crippen LogP contribution in [0.1, 0.15) is 24.7 Å². The van der Waals surface area contributed by atoms with Gasteiger partial charge in [-0.05, 0) is 30.5 Å². The summed E-state index contributed by atoms with van der Waals surface area (Å²) in [6, 6.07) is 7.81. The van der Waals surface area contributed by atoms with Gasteiger partial charge in [0.25, 0.3) is 5.89 Å². The number of carbonyl (C=O) groups excluding carboxylic acids is 1. The quantitative estimate of drug-likeness (QED) is 0.788. The summed E-state index contributed by atoms with van der Waals surface area (Å²) in [5.41, 5.74) is 2.05. The molecular weight excluding hydrogens is 320 g/mol. The Morgan fingerprint density at radius 2 is 2.20 bits per heavy atom. The maximum absolute atomic E-state index is 12.1. The molecule has 25 heavy (non-hydrogen) atoms. The van der Waals surface area contributed by atoms with Gasteiger partial charge in [0.2, 0.25) is 5.91 Å². The molecule has 0 saturated carbocycles. The number of hydrogen-bond acceptors (Lipinski definition) is 6. The van der Waals surface area contributed by atoms with E-state index in [4.69, 9.17) is 9.26 Å². The number of ether oxygens (including phenoxy) is 1. The molecule has 1 aromatic carbocycles. The SMILES string of the molecule is CCc1noc(-c2ccc(CCNC(=O)[C@H]3C[C@H](OC)CN3)cc2)n1. The Bertz CT molecular complexity index is 699. The van der Waals surface area contributed by atoms with Crippen molar-refractivity contribution >= 4 is 5.91 Å². The molecule has 1 aromatic heterocycles. The fourth-order valence-electron chi connectivity index (χ4n) is 2.86. The molecule has 1 aliphatic heterocycles. The van der Waals surface area contributed by atoms with Gasteiger partial charge in [0.1, 0.15) is 0 Å². The number of rotatable bonds is 7. The molecule has 2 N–H and O–H groups in total. The van der Waals surface area contributed by atoms with Crippen LogP contribution in [-0.2, 0) is 22.4 Å². The van der Waals surface area contributed by atoms with Crippen molar-refractivity contribution in [2.45, 2.75) is 38.3 Å². The summed E-state index contributed by atoms with van der Waals surface area (Å²) in [4.78, 5) is 16.4. The molecule has 0 radical (unpaired) electrons. The number of hydrogen-bond donors (Lipinski definition) is 2. The molecule has 7 nitrogen and oxygen atoms in total. The second-order valence-corrected chi connectivity index (χ2v) is 6.16. The summed E-state index contributed by atoms with van der Waals surface area (Å²) in [6.45, 7) is 3.32. The number of nitrogens with one attached hydrogen (secondary N) is 2. The van der Waals surface area contributed by atoms with Gasteiger partial charge in [0.15, 0.2) is 5.82 Å². The van der Waals surface area contributed by atoms with Gasteiger partial charge in [-0.1, -0.05) is 24.2 Å². The van der Waals surface area contributed by atoms with E-state index in [1.54, 1.807) is 7.11 Å². The number of amides is 1. The molecule has 2 aromatic rings. The summed E-state index contributed by atoms with van der Waals surface area (Å²) in [6.07, 6.45) is 2.38. The molecule has 2 atom stereocenters. The lowest BCUT2D eigenvalue weighted by molar-refractivity contribution is -0.122. The minimum Gasteiger partial charge on any atom is -0.380 e. The normalized spacial score (nSPS) is 19.9. The third-order valence-corrected chi connectivity index (χ3v) is 4.44. The van der Waals surface area contributed by atoms with Gasteiger partial charge in [-0.2, -0.15) is 4.98 Å². The maximum Gasteiger partial charge on any atom is 0.257 e. The molecule has 0 unspecified atom stereocenters. The Kier molecular flexibility index (Phi) is 5.78. The summed E-state index contributed by atoms with van der Waals surface area (Å²) >= 11 is 0. The number of methoxy groups -OCH3 is 1. The van der Waals surface area contributed by atoms with Crippen LogP contribution >= 0.6 is 0 Å². The van der Waals surface area contributed by atoms with Crippen LogP contribution in [0.25, 0.3) is 11.5 Å². The van der Waals surface area contributed by atoms with Gasteiger partial charge in [-0.25, -0.2) is 0 Å². The van der Waals surface area contributed by atoms with Gasteiger partial charge in [0, 0.05) is 32.2 Å². The van der Waals surface area contributed by atoms with E-state index >= 15 is 0 Å². The molecule has 3 rings (SSSR count). The lowest BCUT2D eigenvalue weighted by atomic mass is 10.1. The average Bonchev–Trinajstić information content (AvgIpc) is 3.31. The highest BCUT2D eigenvalue weighted by molar-refractivity contribution is 5.82. The van der Waals surface area contributed by atoms with Crippen LogP contribution in [0.5, 0.6) is 0 Å². The minimum atomic E-state index is -0.155. The van der Waals surface area contributed by atoms with Gasteiger partial charge in [-0.15, -0.1) is 0 Å². The van der Waals surface area contributed by atoms with Crippen LogP contribution in [0.3, 0.4) is 0 Å². The van der Waals surface area contributed by atoms with Gasteiger partial charge >= 0.3 is 0 Å². The third-order valence-electron chi connectivity index (χ3n) is 4.44. The van der Waals surface area contributed by atoms with Crippen molar-refractivity contribution < 1.29 is 14.1 Å². The van der Waals surface area contributed by atoms with E-state index in [-0.39, 0.29) is 18.1 Å². The number of carbonyl (C=O) groups is 1. The zero-order chi connectivity index (χ0) is 17.6. The zero-order valence-electron chi connectivity index (χ0n) is 14.6. The molecule has 1 fully saturated rings. The van der Waals surface area contributed by atoms with E-state index in [0.29, 0.717) is 18.3 Å². The minimum absolute atomic E-state index is 0.0362. The Hall–Kier alpha value is -2.25. The Labute approximate surface area is 147 Å². The fourth-order valence-corrected chi connectivity index (χ4v) is 2.86. The van der Waals surface area contributed by atoms with Crippen LogP contribution in [0.15, 0.2) is 28.8 Å². The smallest absolute Gasteiger partial charge is 0.257 e. The standard InChI is InChI=1S/C18H24N4O3/c1-3-16-21-18(25-22-16)13-6-4-12(5-7-13)8-9-19-17(23)15-10-14(24-2)11-20-15/h4-7,14-15,20H,3,8-11H2,1-2H3,(H,19,23)/t14-,15+/m0/s1. The van der Waals surface area contributed by atoms with Gasteiger partial charge in [0.05, 0.1) is 12.1 Å². The van der Waals surface area contributed by atoms with Crippen molar-refractivity contribution in [3.8, 4) is 11.5 Å². The van der Waals surface area contributed by atoms with Crippen molar-refractivity contribution in [2.75, 3.05) is 20.2 Å². The first-order valence-corrected chi connectivity index (χ1v) is 8.65. The molecule has 1 saturated heterocycles. The first-order valence-electron chi connectivity index (χ1n) is 8.65. The predicted octanol–water partition coefficient (Wildman–Crippen LogP) is 1.33. The van der Waals surface area contributed by atoms with E-state index < -0.39 is 0 Å². The Morgan fingerprint density at radius 1 is 1.40 bits per heavy atom. The third kappa shape index (κ3) is 4.43. The fraction of sp³-hybridized carbons (Fsp3) is 0.500. The van der Waals surface area contributed by atoms with E-state index in [2.05, 4.69) is 20.8 Å². The Balaban J connectivity index is 1.46. The second kappa shape index (κ2) is 8.22. The highest BCUT2D eigenvalue weighted by Gasteiger charge is 2.28. The van der Waals surface area contributed by atoms with Crippen molar-refractivity contribution in [3.05, 3.63) is 35.7 Å². The lowest BCUT2D eigenvalue weighted by Crippen LogP contribution is -2.41. The van der Waals surface area contributed by atoms with Gasteiger partial charge in [-0.3, -0.25) is 4.79 Å². The number of benzene rings is 1. The summed E-state index contributed by atoms with van der Waals surface area (Å²) in [5.74, 6) is 1.28. The van der Waals surface area contributed by atoms with Crippen LogP contribution in [0, 0.1) is 0 Å². The summed E-state index contributed by atoms with van der Waals surface area (Å²) in [5, 5.41) is 10.1. The number of aromatic nitrogens is 2. The van der Waals surface area contributed by atoms with Crippen LogP contribution in [0.4, 0.5) is 0 Å². The molecule has 2 heterocycles. The highest BCUT2D eigenvalue weighted by Crippen LogP contribution is 2.18. The molecular formula is C18H24N4O3. The molecule has 7 heteroatoms. The number of nitrogens with zero attached hydrogens (tertiary/aromatic N) is 2. The first-order chi connectivity index (χ1) is 12.2. The van der Waals surface area contributed by atoms with Crippen molar-refractivity contribution in [1.29, 1.82) is 0 Å². The first kappa shape index (κ1) is 17.6. The van der Waals surface area contributed by atoms with E-state index in [1.807, 2.05) is 31.2 Å². The van der Waals surface area contributed by atoms with Crippen LogP contribution < -0.4 is 10.6 Å². The van der Waals surface area contributed by atoms with Crippen LogP contribution in [0.2, 0.25) is 0 Å². The molecule has 134 valence electrons. The highest BCUT2D eigenvalue weighted by atomic mass is 16.5. The second-order valence-electron chi connectivity index (χ2n) is 6.16. The Morgan fingerprint density at radius 3 is 2.84 bits per heavy atom. The zero-order valence-corrected chi connectivity index (χ0v) is 14.6. The van der Waals surface area contributed by atoms with Gasteiger partial charge < -0.3 is 19.9 Å². The van der Waals surface area contributed by atoms with E-state index in [0.717, 1.165) is 36.9 Å². The van der Waals surface area contributed by atoms with E-state index in [9.17, 15) is 4.79 Å². The maximum atomic E-state index is 12.1. The molecule has 1 aliphatic rings. The van der Waals surface area contributed by atoms with Crippen molar-refractivity contribution in [1.82, 2.24) is 20.8 Å². The molecule has 0 bridgehead atoms. The largest absolute Gasteiger partial charge is 0.380 e. The van der Waals surface area contributed by atoms with Crippen molar-refractivity contribution in [2.24, 2.45) is 0 Å². The number of aryl methyl sites for hydroxylation is 1. The monoisotopic (exact) mass is 344 g/mol. The van der Waals surface area contributed by atoms with E-state index in [1.165, 1.54) is 0 Å². The molecule has 0 spiro atoms. The predicted molar refractivity (Wildman–Crippen MR) is 93.0 cm³/mol. The molecule has 0 aliphatic carbocycles. The topological polar surface area (TPSA) is 89.3 Å². The summed E-state index contributed by atoms with van der Waals surface area (Å²) in [7, 11) is 1.67. The average molecular weight is 344 g/mol. The van der Waals surface area contributed by atoms with Crippen molar-refractivity contribution in [3.63, 3.8) is 0 Å².